The molecule has 0 saturated carbocycles. The van der Waals surface area contributed by atoms with Crippen LogP contribution in [-0.4, -0.2) is 15.9 Å². The molecule has 23 heavy (non-hydrogen) atoms. The van der Waals surface area contributed by atoms with Gasteiger partial charge in [-0.1, -0.05) is 24.3 Å². The Kier molecular flexibility index (Phi) is 4.47. The van der Waals surface area contributed by atoms with Gasteiger partial charge < -0.3 is 9.73 Å². The van der Waals surface area contributed by atoms with E-state index in [1.54, 1.807) is 12.4 Å². The van der Waals surface area contributed by atoms with E-state index in [-0.39, 0.29) is 12.3 Å². The zero-order chi connectivity index (χ0) is 16.1. The number of nitrogens with one attached hydrogen (secondary N) is 1. The Balaban J connectivity index is 1.64. The van der Waals surface area contributed by atoms with E-state index in [2.05, 4.69) is 15.3 Å². The molecule has 2 heterocycles. The number of nitrogens with zero attached hydrogens (tertiary/aromatic N) is 2. The van der Waals surface area contributed by atoms with Gasteiger partial charge in [0, 0.05) is 24.5 Å². The summed E-state index contributed by atoms with van der Waals surface area (Å²) in [4.78, 5) is 20.5. The van der Waals surface area contributed by atoms with Crippen LogP contribution in [0.5, 0.6) is 0 Å². The Morgan fingerprint density at radius 2 is 2.00 bits per heavy atom. The van der Waals surface area contributed by atoms with E-state index in [0.29, 0.717) is 18.2 Å². The highest BCUT2D eigenvalue weighted by molar-refractivity contribution is 5.78. The van der Waals surface area contributed by atoms with E-state index in [1.165, 1.54) is 0 Å². The zero-order valence-electron chi connectivity index (χ0n) is 12.8. The van der Waals surface area contributed by atoms with Gasteiger partial charge in [-0.15, -0.1) is 0 Å². The van der Waals surface area contributed by atoms with Gasteiger partial charge in [-0.3, -0.25) is 9.78 Å². The molecule has 0 spiro atoms. The number of aryl methyl sites for hydroxylation is 1. The second-order valence-corrected chi connectivity index (χ2v) is 5.21. The van der Waals surface area contributed by atoms with E-state index in [1.807, 2.05) is 49.4 Å². The number of pyridine rings is 1. The predicted molar refractivity (Wildman–Crippen MR) is 86.5 cm³/mol. The van der Waals surface area contributed by atoms with Gasteiger partial charge in [-0.2, -0.15) is 0 Å². The summed E-state index contributed by atoms with van der Waals surface area (Å²) in [7, 11) is 0. The summed E-state index contributed by atoms with van der Waals surface area (Å²) >= 11 is 0. The molecule has 0 bridgehead atoms. The highest BCUT2D eigenvalue weighted by atomic mass is 16.4. The molecule has 0 aliphatic heterocycles. The number of carbonyl (C=O) groups excluding carboxylic acids is 1. The van der Waals surface area contributed by atoms with E-state index in [4.69, 9.17) is 4.42 Å². The Bertz CT molecular complexity index is 783. The first-order valence-electron chi connectivity index (χ1n) is 7.39. The van der Waals surface area contributed by atoms with Crippen molar-refractivity contribution in [3.63, 3.8) is 0 Å². The third-order valence-electron chi connectivity index (χ3n) is 3.45. The second kappa shape index (κ2) is 6.87. The molecule has 5 heteroatoms. The largest absolute Gasteiger partial charge is 0.440 e. The number of rotatable bonds is 5. The molecule has 2 aromatic heterocycles. The molecule has 0 atom stereocenters. The van der Waals surface area contributed by atoms with Crippen molar-refractivity contribution in [3.8, 4) is 11.5 Å². The Labute approximate surface area is 134 Å². The Hall–Kier alpha value is -2.95. The fourth-order valence-corrected chi connectivity index (χ4v) is 2.21. The first-order valence-corrected chi connectivity index (χ1v) is 7.39. The summed E-state index contributed by atoms with van der Waals surface area (Å²) in [6.45, 7) is 2.30. The summed E-state index contributed by atoms with van der Waals surface area (Å²) in [5.41, 5.74) is 2.60. The third-order valence-corrected chi connectivity index (χ3v) is 3.45. The van der Waals surface area contributed by atoms with Crippen molar-refractivity contribution in [1.82, 2.24) is 15.3 Å². The minimum absolute atomic E-state index is 0.104. The number of benzene rings is 1. The fraction of sp³-hybridized carbons (Fsp3) is 0.167. The molecule has 0 fully saturated rings. The maximum atomic E-state index is 12.1. The number of hydrogen-bond donors (Lipinski definition) is 1. The molecule has 0 aliphatic rings. The molecule has 0 radical (unpaired) electrons. The summed E-state index contributed by atoms with van der Waals surface area (Å²) in [5, 5.41) is 2.86. The van der Waals surface area contributed by atoms with Crippen LogP contribution < -0.4 is 5.32 Å². The van der Waals surface area contributed by atoms with Crippen LogP contribution in [0.1, 0.15) is 17.0 Å². The van der Waals surface area contributed by atoms with E-state index in [0.717, 1.165) is 16.8 Å². The molecular weight excluding hydrogens is 290 g/mol. The van der Waals surface area contributed by atoms with Crippen LogP contribution in [0.25, 0.3) is 11.5 Å². The smallest absolute Gasteiger partial charge is 0.227 e. The number of aromatic nitrogens is 2. The van der Waals surface area contributed by atoms with Gasteiger partial charge in [0.25, 0.3) is 0 Å². The van der Waals surface area contributed by atoms with Crippen molar-refractivity contribution in [1.29, 1.82) is 0 Å². The molecule has 1 aromatic carbocycles. The van der Waals surface area contributed by atoms with Crippen molar-refractivity contribution in [2.75, 3.05) is 0 Å². The summed E-state index contributed by atoms with van der Waals surface area (Å²) < 4.78 is 5.74. The average Bonchev–Trinajstić information content (AvgIpc) is 2.95. The van der Waals surface area contributed by atoms with E-state index < -0.39 is 0 Å². The predicted octanol–water partition coefficient (Wildman–Crippen LogP) is 2.90. The van der Waals surface area contributed by atoms with Gasteiger partial charge in [0.2, 0.25) is 11.8 Å². The Morgan fingerprint density at radius 3 is 2.74 bits per heavy atom. The van der Waals surface area contributed by atoms with Crippen LogP contribution in [0.15, 0.2) is 59.3 Å². The van der Waals surface area contributed by atoms with Crippen molar-refractivity contribution < 1.29 is 9.21 Å². The van der Waals surface area contributed by atoms with E-state index in [9.17, 15) is 4.79 Å². The number of carbonyl (C=O) groups is 1. The lowest BCUT2D eigenvalue weighted by Crippen LogP contribution is -2.24. The average molecular weight is 307 g/mol. The second-order valence-electron chi connectivity index (χ2n) is 5.21. The van der Waals surface area contributed by atoms with Crippen LogP contribution >= 0.6 is 0 Å². The standard InChI is InChI=1S/C18H17N3O2/c1-13-16(23-18(21-13)15-7-3-2-4-8-15)10-17(22)20-12-14-6-5-9-19-11-14/h2-9,11H,10,12H2,1H3,(H,20,22). The first-order chi connectivity index (χ1) is 11.2. The molecule has 1 amide bonds. The summed E-state index contributed by atoms with van der Waals surface area (Å²) in [6, 6.07) is 13.4. The van der Waals surface area contributed by atoms with Gasteiger partial charge in [-0.25, -0.2) is 4.98 Å². The lowest BCUT2D eigenvalue weighted by Gasteiger charge is -2.03. The molecule has 0 saturated heterocycles. The molecule has 3 rings (SSSR count). The molecule has 1 N–H and O–H groups in total. The summed E-state index contributed by atoms with van der Waals surface area (Å²) in [6.07, 6.45) is 3.60. The van der Waals surface area contributed by atoms with Crippen LogP contribution in [0.2, 0.25) is 0 Å². The highest BCUT2D eigenvalue weighted by Gasteiger charge is 2.14. The van der Waals surface area contributed by atoms with Crippen molar-refractivity contribution in [2.24, 2.45) is 0 Å². The monoisotopic (exact) mass is 307 g/mol. The van der Waals surface area contributed by atoms with Crippen molar-refractivity contribution in [3.05, 3.63) is 71.9 Å². The maximum Gasteiger partial charge on any atom is 0.227 e. The normalized spacial score (nSPS) is 10.5. The minimum atomic E-state index is -0.104. The molecule has 0 unspecified atom stereocenters. The number of oxazole rings is 1. The van der Waals surface area contributed by atoms with E-state index >= 15 is 0 Å². The third kappa shape index (κ3) is 3.83. The minimum Gasteiger partial charge on any atom is -0.440 e. The van der Waals surface area contributed by atoms with Crippen LogP contribution in [0.3, 0.4) is 0 Å². The van der Waals surface area contributed by atoms with Gasteiger partial charge >= 0.3 is 0 Å². The molecule has 3 aromatic rings. The van der Waals surface area contributed by atoms with Crippen molar-refractivity contribution in [2.45, 2.75) is 19.9 Å². The molecule has 0 aliphatic carbocycles. The Morgan fingerprint density at radius 1 is 1.17 bits per heavy atom. The summed E-state index contributed by atoms with van der Waals surface area (Å²) in [5.74, 6) is 1.03. The maximum absolute atomic E-state index is 12.1. The number of amides is 1. The zero-order valence-corrected chi connectivity index (χ0v) is 12.8. The molecule has 116 valence electrons. The number of hydrogen-bond acceptors (Lipinski definition) is 4. The molecule has 5 nitrogen and oxygen atoms in total. The lowest BCUT2D eigenvalue weighted by atomic mass is 10.2. The van der Waals surface area contributed by atoms with Crippen LogP contribution in [0.4, 0.5) is 0 Å². The molecular formula is C18H17N3O2. The SMILES string of the molecule is Cc1nc(-c2ccccc2)oc1CC(=O)NCc1cccnc1. The van der Waals surface area contributed by atoms with Crippen LogP contribution in [-0.2, 0) is 17.8 Å². The van der Waals surface area contributed by atoms with Crippen molar-refractivity contribution >= 4 is 5.91 Å². The van der Waals surface area contributed by atoms with Gasteiger partial charge in [0.05, 0.1) is 12.1 Å². The highest BCUT2D eigenvalue weighted by Crippen LogP contribution is 2.21. The van der Waals surface area contributed by atoms with Gasteiger partial charge in [0.1, 0.15) is 5.76 Å². The topological polar surface area (TPSA) is 68.0 Å². The quantitative estimate of drug-likeness (QED) is 0.787. The van der Waals surface area contributed by atoms with Gasteiger partial charge in [-0.05, 0) is 30.7 Å². The lowest BCUT2D eigenvalue weighted by molar-refractivity contribution is -0.120. The van der Waals surface area contributed by atoms with Gasteiger partial charge in [0.15, 0.2) is 0 Å². The first kappa shape index (κ1) is 15.0. The fourth-order valence-electron chi connectivity index (χ4n) is 2.21. The van der Waals surface area contributed by atoms with Crippen LogP contribution in [0, 0.1) is 6.92 Å².